The zero-order valence-corrected chi connectivity index (χ0v) is 24.4. The smallest absolute Gasteiger partial charge is 0.306 e. The van der Waals surface area contributed by atoms with Gasteiger partial charge in [0.05, 0.1) is 12.6 Å². The van der Waals surface area contributed by atoms with Crippen molar-refractivity contribution in [1.82, 2.24) is 16.0 Å². The Labute approximate surface area is 242 Å². The molecule has 0 aromatic heterocycles. The quantitative estimate of drug-likeness (QED) is 0.106. The van der Waals surface area contributed by atoms with E-state index in [1.807, 2.05) is 30.3 Å². The molecule has 230 valence electrons. The van der Waals surface area contributed by atoms with Gasteiger partial charge >= 0.3 is 5.97 Å². The van der Waals surface area contributed by atoms with Crippen molar-refractivity contribution in [2.45, 2.75) is 103 Å². The van der Waals surface area contributed by atoms with Crippen LogP contribution in [0.3, 0.4) is 0 Å². The summed E-state index contributed by atoms with van der Waals surface area (Å²) in [6, 6.07) is 6.58. The molecule has 4 amide bonds. The van der Waals surface area contributed by atoms with Crippen LogP contribution in [-0.2, 0) is 40.1 Å². The normalized spacial score (nSPS) is 13.8. The van der Waals surface area contributed by atoms with E-state index in [0.717, 1.165) is 24.8 Å². The number of amides is 4. The average Bonchev–Trinajstić information content (AvgIpc) is 2.95. The largest absolute Gasteiger partial charge is 0.461 e. The van der Waals surface area contributed by atoms with Crippen LogP contribution < -0.4 is 21.7 Å². The van der Waals surface area contributed by atoms with Crippen molar-refractivity contribution in [3.8, 4) is 0 Å². The monoisotopic (exact) mass is 578 g/mol. The second-order valence-corrected chi connectivity index (χ2v) is 9.94. The van der Waals surface area contributed by atoms with Crippen molar-refractivity contribution < 1.29 is 38.6 Å². The van der Waals surface area contributed by atoms with Gasteiger partial charge in [0.15, 0.2) is 0 Å². The molecule has 0 aliphatic carbocycles. The number of unbranched alkanes of at least 4 members (excludes halogenated alkanes) is 2. The summed E-state index contributed by atoms with van der Waals surface area (Å²) in [6.45, 7) is 5.11. The number of hydrogen-bond donors (Lipinski definition) is 5. The van der Waals surface area contributed by atoms with Crippen LogP contribution in [0.2, 0.25) is 0 Å². The molecule has 0 aliphatic heterocycles. The summed E-state index contributed by atoms with van der Waals surface area (Å²) in [6.07, 6.45) is 2.94. The number of rotatable bonds is 21. The number of nitrogens with two attached hydrogens (primary N) is 1. The van der Waals surface area contributed by atoms with E-state index in [2.05, 4.69) is 22.9 Å². The minimum atomic E-state index is -1.13. The number of hydrogen-bond acceptors (Lipinski definition) is 8. The number of aliphatic hydroxyl groups is 1. The molecule has 0 aliphatic rings. The van der Waals surface area contributed by atoms with Gasteiger partial charge in [-0.2, -0.15) is 0 Å². The molecule has 1 aromatic rings. The Balaban J connectivity index is 2.50. The third kappa shape index (κ3) is 15.8. The molecule has 0 saturated heterocycles. The molecule has 0 heterocycles. The van der Waals surface area contributed by atoms with Crippen LogP contribution >= 0.6 is 0 Å². The van der Waals surface area contributed by atoms with Crippen LogP contribution in [0, 0.1) is 0 Å². The van der Waals surface area contributed by atoms with Crippen LogP contribution in [-0.4, -0.2) is 72.1 Å². The SMILES string of the molecule is CCCCCC(=O)N[C@@H](CCCO)CO[C@H](C)C(=O)N[C@@H](C)C(=O)N[C@H](CCC(=O)OCc1ccccc1)C(N)=O. The third-order valence-electron chi connectivity index (χ3n) is 6.29. The molecule has 4 atom stereocenters. The number of carbonyl (C=O) groups excluding carboxylic acids is 5. The number of primary amides is 1. The van der Waals surface area contributed by atoms with Gasteiger partial charge in [0.2, 0.25) is 23.6 Å². The number of nitrogens with one attached hydrogen (secondary N) is 3. The fourth-order valence-corrected chi connectivity index (χ4v) is 3.76. The van der Waals surface area contributed by atoms with Crippen LogP contribution in [0.15, 0.2) is 30.3 Å². The Hall–Kier alpha value is -3.51. The van der Waals surface area contributed by atoms with Gasteiger partial charge in [0.25, 0.3) is 0 Å². The van der Waals surface area contributed by atoms with Crippen molar-refractivity contribution in [1.29, 1.82) is 0 Å². The van der Waals surface area contributed by atoms with E-state index >= 15 is 0 Å². The van der Waals surface area contributed by atoms with Gasteiger partial charge in [-0.25, -0.2) is 0 Å². The summed E-state index contributed by atoms with van der Waals surface area (Å²) >= 11 is 0. The highest BCUT2D eigenvalue weighted by molar-refractivity contribution is 5.92. The maximum Gasteiger partial charge on any atom is 0.306 e. The maximum absolute atomic E-state index is 12.6. The number of esters is 1. The Morgan fingerprint density at radius 2 is 1.61 bits per heavy atom. The Morgan fingerprint density at radius 1 is 0.902 bits per heavy atom. The molecule has 12 heteroatoms. The van der Waals surface area contributed by atoms with E-state index in [9.17, 15) is 24.0 Å². The van der Waals surface area contributed by atoms with E-state index in [1.54, 1.807) is 0 Å². The van der Waals surface area contributed by atoms with E-state index in [4.69, 9.17) is 20.3 Å². The van der Waals surface area contributed by atoms with Gasteiger partial charge in [-0.05, 0) is 45.1 Å². The van der Waals surface area contributed by atoms with Gasteiger partial charge < -0.3 is 36.3 Å². The minimum Gasteiger partial charge on any atom is -0.461 e. The molecular formula is C29H46N4O8. The minimum absolute atomic E-state index is 0.0357. The fraction of sp³-hybridized carbons (Fsp3) is 0.621. The first-order valence-electron chi connectivity index (χ1n) is 14.2. The summed E-state index contributed by atoms with van der Waals surface area (Å²) in [5.41, 5.74) is 6.21. The zero-order chi connectivity index (χ0) is 30.6. The van der Waals surface area contributed by atoms with Gasteiger partial charge in [0, 0.05) is 19.4 Å². The number of carbonyl (C=O) groups is 5. The molecule has 6 N–H and O–H groups in total. The van der Waals surface area contributed by atoms with Gasteiger partial charge in [-0.1, -0.05) is 50.1 Å². The van der Waals surface area contributed by atoms with Crippen molar-refractivity contribution in [2.24, 2.45) is 5.73 Å². The highest BCUT2D eigenvalue weighted by Crippen LogP contribution is 2.06. The van der Waals surface area contributed by atoms with Gasteiger partial charge in [-0.3, -0.25) is 24.0 Å². The summed E-state index contributed by atoms with van der Waals surface area (Å²) in [4.78, 5) is 61.4. The molecule has 0 bridgehead atoms. The fourth-order valence-electron chi connectivity index (χ4n) is 3.76. The topological polar surface area (TPSA) is 186 Å². The molecule has 1 aromatic carbocycles. The zero-order valence-electron chi connectivity index (χ0n) is 24.4. The molecule has 12 nitrogen and oxygen atoms in total. The molecule has 0 unspecified atom stereocenters. The van der Waals surface area contributed by atoms with Crippen LogP contribution in [0.5, 0.6) is 0 Å². The lowest BCUT2D eigenvalue weighted by Gasteiger charge is -2.23. The molecular weight excluding hydrogens is 532 g/mol. The molecule has 0 fully saturated rings. The van der Waals surface area contributed by atoms with Crippen molar-refractivity contribution >= 4 is 29.6 Å². The van der Waals surface area contributed by atoms with E-state index < -0.39 is 41.9 Å². The standard InChI is InChI=1S/C29H46N4O8/c1-4-5-7-14-25(35)32-23(13-10-17-34)19-40-21(3)29(39)31-20(2)28(38)33-24(27(30)37)15-16-26(36)41-18-22-11-8-6-9-12-22/h6,8-9,11-12,20-21,23-24,34H,4-5,7,10,13-19H2,1-3H3,(H2,30,37)(H,31,39)(H,32,35)(H,33,38)/t20-,21+,23-,24+/m0/s1. The number of benzene rings is 1. The van der Waals surface area contributed by atoms with Crippen LogP contribution in [0.25, 0.3) is 0 Å². The van der Waals surface area contributed by atoms with Crippen molar-refractivity contribution in [3.63, 3.8) is 0 Å². The van der Waals surface area contributed by atoms with Gasteiger partial charge in [-0.15, -0.1) is 0 Å². The second kappa shape index (κ2) is 20.4. The predicted molar refractivity (Wildman–Crippen MR) is 152 cm³/mol. The highest BCUT2D eigenvalue weighted by Gasteiger charge is 2.26. The molecule has 1 rings (SSSR count). The number of aliphatic hydroxyl groups excluding tert-OH is 1. The first-order valence-corrected chi connectivity index (χ1v) is 14.2. The van der Waals surface area contributed by atoms with Crippen molar-refractivity contribution in [2.75, 3.05) is 13.2 Å². The number of ether oxygens (including phenoxy) is 2. The molecule has 0 spiro atoms. The van der Waals surface area contributed by atoms with E-state index in [1.165, 1.54) is 13.8 Å². The first kappa shape index (κ1) is 35.5. The molecule has 41 heavy (non-hydrogen) atoms. The average molecular weight is 579 g/mol. The predicted octanol–water partition coefficient (Wildman–Crippen LogP) is 1.23. The Bertz CT molecular complexity index is 959. The lowest BCUT2D eigenvalue weighted by molar-refractivity contribution is -0.145. The van der Waals surface area contributed by atoms with Gasteiger partial charge in [0.1, 0.15) is 24.8 Å². The second-order valence-electron chi connectivity index (χ2n) is 9.94. The summed E-state index contributed by atoms with van der Waals surface area (Å²) in [7, 11) is 0. The highest BCUT2D eigenvalue weighted by atomic mass is 16.5. The Kier molecular flexibility index (Phi) is 17.7. The van der Waals surface area contributed by atoms with Crippen LogP contribution in [0.4, 0.5) is 0 Å². The summed E-state index contributed by atoms with van der Waals surface area (Å²) in [5.74, 6) is -2.71. The Morgan fingerprint density at radius 3 is 2.24 bits per heavy atom. The third-order valence-corrected chi connectivity index (χ3v) is 6.29. The molecule has 0 radical (unpaired) electrons. The molecule has 0 saturated carbocycles. The van der Waals surface area contributed by atoms with E-state index in [-0.39, 0.29) is 44.6 Å². The lowest BCUT2D eigenvalue weighted by atomic mass is 10.1. The lowest BCUT2D eigenvalue weighted by Crippen LogP contribution is -2.53. The maximum atomic E-state index is 12.6. The first-order chi connectivity index (χ1) is 19.6. The summed E-state index contributed by atoms with van der Waals surface area (Å²) in [5, 5.41) is 17.0. The van der Waals surface area contributed by atoms with Crippen molar-refractivity contribution in [3.05, 3.63) is 35.9 Å². The summed E-state index contributed by atoms with van der Waals surface area (Å²) < 4.78 is 10.8. The van der Waals surface area contributed by atoms with Crippen LogP contribution in [0.1, 0.15) is 77.7 Å². The van der Waals surface area contributed by atoms with E-state index in [0.29, 0.717) is 19.3 Å².